The van der Waals surface area contributed by atoms with E-state index < -0.39 is 36.3 Å². The number of carbonyl (C=O) groups is 1. The van der Waals surface area contributed by atoms with Gasteiger partial charge in [0.2, 0.25) is 0 Å². The summed E-state index contributed by atoms with van der Waals surface area (Å²) in [5.41, 5.74) is 0. The molecule has 0 aromatic carbocycles. The lowest BCUT2D eigenvalue weighted by Gasteiger charge is -2.64. The van der Waals surface area contributed by atoms with Gasteiger partial charge in [-0.05, 0) is 23.7 Å². The van der Waals surface area contributed by atoms with Gasteiger partial charge in [0, 0.05) is 5.92 Å². The molecule has 4 atom stereocenters. The Morgan fingerprint density at radius 3 is 1.12 bits per heavy atom. The van der Waals surface area contributed by atoms with E-state index in [0.717, 1.165) is 0 Å². The standard InChI is InChI=1S/C11H18O3.C10H18O2/c1-5(2)7-9(12)8(6(3)4)11(14)10(7)13;1-5(2)7-9(11)8(6(3)4)10(7)12/h5-10H,1-4H3;5-10H,1-4H3/q2*-2. The molecule has 2 aliphatic rings. The van der Waals surface area contributed by atoms with Gasteiger partial charge in [-0.25, -0.2) is 0 Å². The second-order valence-electron chi connectivity index (χ2n) is 9.45. The van der Waals surface area contributed by atoms with E-state index in [9.17, 15) is 25.2 Å². The molecular formula is C21H36O5-4. The van der Waals surface area contributed by atoms with Crippen LogP contribution in [0.3, 0.4) is 0 Å². The Kier molecular flexibility index (Phi) is 8.27. The maximum atomic E-state index is 11.9. The molecule has 5 heteroatoms. The first-order chi connectivity index (χ1) is 11.8. The van der Waals surface area contributed by atoms with Crippen molar-refractivity contribution in [3.05, 3.63) is 0 Å². The zero-order chi connectivity index (χ0) is 20.5. The highest BCUT2D eigenvalue weighted by Crippen LogP contribution is 2.40. The molecule has 0 aromatic heterocycles. The van der Waals surface area contributed by atoms with Gasteiger partial charge in [-0.15, -0.1) is 18.3 Å². The summed E-state index contributed by atoms with van der Waals surface area (Å²) < 4.78 is 0. The SMILES string of the molecule is CC(C)C1C(=O)C([O-])C(C(C)C)C1[O-].CC(C)C1C([O-])C(C(C)C)C1[O-]. The number of hydrogen-bond donors (Lipinski definition) is 0. The molecule has 2 rings (SSSR count). The zero-order valence-electron chi connectivity index (χ0n) is 17.5. The predicted octanol–water partition coefficient (Wildman–Crippen LogP) is -0.426. The van der Waals surface area contributed by atoms with Crippen LogP contribution in [0.1, 0.15) is 55.4 Å². The van der Waals surface area contributed by atoms with Crippen molar-refractivity contribution in [2.24, 2.45) is 47.3 Å². The first kappa shape index (κ1) is 23.5. The van der Waals surface area contributed by atoms with Crippen LogP contribution in [0, 0.1) is 47.3 Å². The van der Waals surface area contributed by atoms with Gasteiger partial charge in [0.05, 0.1) is 0 Å². The van der Waals surface area contributed by atoms with Gasteiger partial charge in [-0.3, -0.25) is 0 Å². The number of Topliss-reactive ketones (excluding diaryl/α,β-unsaturated/α-hetero) is 1. The minimum atomic E-state index is -1.29. The highest BCUT2D eigenvalue weighted by molar-refractivity contribution is 5.88. The van der Waals surface area contributed by atoms with E-state index in [1.807, 2.05) is 55.4 Å². The van der Waals surface area contributed by atoms with Crippen LogP contribution in [0.25, 0.3) is 0 Å². The first-order valence-electron chi connectivity index (χ1n) is 10.0. The largest absolute Gasteiger partial charge is 0.852 e. The van der Waals surface area contributed by atoms with E-state index >= 15 is 0 Å². The van der Waals surface area contributed by atoms with Crippen molar-refractivity contribution in [1.29, 1.82) is 0 Å². The average Bonchev–Trinajstić information content (AvgIpc) is 2.68. The second kappa shape index (κ2) is 9.13. The summed E-state index contributed by atoms with van der Waals surface area (Å²) in [5.74, 6) is -1.19. The fraction of sp³-hybridized carbons (Fsp3) is 0.952. The third-order valence-corrected chi connectivity index (χ3v) is 6.24. The van der Waals surface area contributed by atoms with Crippen molar-refractivity contribution >= 4 is 5.78 Å². The van der Waals surface area contributed by atoms with Crippen molar-refractivity contribution in [2.45, 2.75) is 79.8 Å². The third-order valence-electron chi connectivity index (χ3n) is 6.24. The van der Waals surface area contributed by atoms with E-state index in [4.69, 9.17) is 0 Å². The molecule has 2 saturated carbocycles. The van der Waals surface area contributed by atoms with Crippen LogP contribution >= 0.6 is 0 Å². The van der Waals surface area contributed by atoms with Gasteiger partial charge in [-0.2, -0.15) is 0 Å². The molecule has 5 nitrogen and oxygen atoms in total. The van der Waals surface area contributed by atoms with Crippen LogP contribution in [-0.4, -0.2) is 30.2 Å². The summed E-state index contributed by atoms with van der Waals surface area (Å²) in [6.45, 7) is 15.2. The average molecular weight is 369 g/mol. The molecule has 0 heterocycles. The molecule has 2 aliphatic carbocycles. The van der Waals surface area contributed by atoms with E-state index in [0.29, 0.717) is 0 Å². The van der Waals surface area contributed by atoms with Crippen molar-refractivity contribution in [2.75, 3.05) is 0 Å². The Morgan fingerprint density at radius 1 is 0.577 bits per heavy atom. The number of carbonyl (C=O) groups excluding carboxylic acids is 1. The third kappa shape index (κ3) is 4.49. The molecule has 0 aromatic rings. The van der Waals surface area contributed by atoms with Crippen LogP contribution < -0.4 is 20.4 Å². The van der Waals surface area contributed by atoms with Gasteiger partial charge < -0.3 is 25.2 Å². The van der Waals surface area contributed by atoms with Crippen molar-refractivity contribution in [3.8, 4) is 0 Å². The van der Waals surface area contributed by atoms with Gasteiger partial charge in [0.15, 0.2) is 0 Å². The summed E-state index contributed by atoms with van der Waals surface area (Å²) in [7, 11) is 0. The topological polar surface area (TPSA) is 109 Å². The number of rotatable bonds is 4. The lowest BCUT2D eigenvalue weighted by atomic mass is 9.60. The molecule has 26 heavy (non-hydrogen) atoms. The molecule has 2 fully saturated rings. The van der Waals surface area contributed by atoms with Gasteiger partial charge in [0.25, 0.3) is 0 Å². The monoisotopic (exact) mass is 368 g/mol. The smallest absolute Gasteiger partial charge is 0.122 e. The molecule has 4 unspecified atom stereocenters. The van der Waals surface area contributed by atoms with Crippen LogP contribution in [-0.2, 0) is 4.79 Å². The maximum absolute atomic E-state index is 11.9. The first-order valence-corrected chi connectivity index (χ1v) is 10.0. The summed E-state index contributed by atoms with van der Waals surface area (Å²) in [6, 6.07) is 0. The highest BCUT2D eigenvalue weighted by Gasteiger charge is 2.41. The molecule has 0 saturated heterocycles. The molecule has 0 N–H and O–H groups in total. The predicted molar refractivity (Wildman–Crippen MR) is 93.5 cm³/mol. The van der Waals surface area contributed by atoms with E-state index in [1.165, 1.54) is 0 Å². The Bertz CT molecular complexity index is 433. The minimum Gasteiger partial charge on any atom is -0.852 e. The Balaban J connectivity index is 0.000000263. The fourth-order valence-corrected chi connectivity index (χ4v) is 4.65. The van der Waals surface area contributed by atoms with Gasteiger partial charge in [0.1, 0.15) is 5.78 Å². The normalized spacial score (nSPS) is 40.2. The van der Waals surface area contributed by atoms with Crippen LogP contribution in [0.15, 0.2) is 0 Å². The fourth-order valence-electron chi connectivity index (χ4n) is 4.65. The summed E-state index contributed by atoms with van der Waals surface area (Å²) >= 11 is 0. The molecule has 0 amide bonds. The summed E-state index contributed by atoms with van der Waals surface area (Å²) in [5, 5.41) is 46.6. The highest BCUT2D eigenvalue weighted by atomic mass is 16.3. The summed E-state index contributed by atoms with van der Waals surface area (Å²) in [6.07, 6.45) is -3.49. The molecule has 0 bridgehead atoms. The molecule has 154 valence electrons. The van der Waals surface area contributed by atoms with Crippen LogP contribution in [0.2, 0.25) is 0 Å². The number of hydrogen-bond acceptors (Lipinski definition) is 5. The Hall–Kier alpha value is -0.490. The zero-order valence-corrected chi connectivity index (χ0v) is 17.5. The van der Waals surface area contributed by atoms with E-state index in [2.05, 4.69) is 0 Å². The van der Waals surface area contributed by atoms with Crippen LogP contribution in [0.4, 0.5) is 0 Å². The second-order valence-corrected chi connectivity index (χ2v) is 9.45. The van der Waals surface area contributed by atoms with Crippen molar-refractivity contribution in [3.63, 3.8) is 0 Å². The molecule has 0 spiro atoms. The van der Waals surface area contributed by atoms with E-state index in [1.54, 1.807) is 0 Å². The van der Waals surface area contributed by atoms with E-state index in [-0.39, 0.29) is 41.3 Å². The molecular weight excluding hydrogens is 332 g/mol. The number of ketones is 1. The molecule has 0 aliphatic heterocycles. The Morgan fingerprint density at radius 2 is 0.923 bits per heavy atom. The summed E-state index contributed by atoms with van der Waals surface area (Å²) in [4.78, 5) is 11.6. The van der Waals surface area contributed by atoms with Crippen molar-refractivity contribution < 1.29 is 25.2 Å². The van der Waals surface area contributed by atoms with Gasteiger partial charge >= 0.3 is 0 Å². The van der Waals surface area contributed by atoms with Gasteiger partial charge in [-0.1, -0.05) is 79.2 Å². The lowest BCUT2D eigenvalue weighted by Crippen LogP contribution is -2.69. The van der Waals surface area contributed by atoms with Crippen LogP contribution in [0.5, 0.6) is 0 Å². The van der Waals surface area contributed by atoms with Crippen molar-refractivity contribution in [1.82, 2.24) is 0 Å². The maximum Gasteiger partial charge on any atom is 0.122 e. The quantitative estimate of drug-likeness (QED) is 0.669. The molecule has 0 radical (unpaired) electrons. The minimum absolute atomic E-state index is 0.00713. The lowest BCUT2D eigenvalue weighted by molar-refractivity contribution is -0.570. The Labute approximate surface area is 158 Å².